The van der Waals surface area contributed by atoms with Crippen LogP contribution in [0.2, 0.25) is 0 Å². The van der Waals surface area contributed by atoms with Crippen molar-refractivity contribution in [2.24, 2.45) is 3.77 Å². The van der Waals surface area contributed by atoms with Gasteiger partial charge in [-0.15, -0.1) is 0 Å². The van der Waals surface area contributed by atoms with Crippen molar-refractivity contribution in [3.8, 4) is 0 Å². The average molecular weight is 206 g/mol. The molecule has 0 aromatic rings. The lowest BCUT2D eigenvalue weighted by atomic mass is 11.0. The lowest BCUT2D eigenvalue weighted by Gasteiger charge is -1.94. The molecule has 0 aliphatic rings. The van der Waals surface area contributed by atoms with Crippen LogP contribution in [0.5, 0.6) is 0 Å². The van der Waals surface area contributed by atoms with Crippen LogP contribution in [-0.4, -0.2) is 24.6 Å². The highest BCUT2D eigenvalue weighted by Gasteiger charge is 2.05. The summed E-state index contributed by atoms with van der Waals surface area (Å²) in [5, 5.41) is 0. The van der Waals surface area contributed by atoms with Crippen LogP contribution in [0.4, 0.5) is 0 Å². The zero-order chi connectivity index (χ0) is 8.41. The quantitative estimate of drug-likeness (QED) is 0.620. The van der Waals surface area contributed by atoms with Gasteiger partial charge in [0.2, 0.25) is 0 Å². The molecule has 0 saturated heterocycles. The third-order valence-corrected chi connectivity index (χ3v) is 4.33. The van der Waals surface area contributed by atoms with E-state index in [1.54, 1.807) is 6.92 Å². The Kier molecular flexibility index (Phi) is 3.12. The van der Waals surface area contributed by atoms with Gasteiger partial charge in [-0.2, -0.15) is 8.42 Å². The van der Waals surface area contributed by atoms with E-state index >= 15 is 0 Å². The molecule has 1 atom stereocenters. The van der Waals surface area contributed by atoms with Crippen molar-refractivity contribution in [2.75, 3.05) is 12.0 Å². The maximum Gasteiger partial charge on any atom is 0.347 e. The Balaban J connectivity index is 5.01. The van der Waals surface area contributed by atoms with Crippen LogP contribution >= 0.6 is 10.7 Å². The molecule has 0 aliphatic carbocycles. The second-order valence-corrected chi connectivity index (χ2v) is 6.82. The first kappa shape index (κ1) is 10.2. The Hall–Kier alpha value is 0.190. The minimum atomic E-state index is -3.97. The predicted octanol–water partition coefficient (Wildman–Crippen LogP) is 0.588. The van der Waals surface area contributed by atoms with Crippen LogP contribution < -0.4 is 0 Å². The van der Waals surface area contributed by atoms with Gasteiger partial charge in [0.1, 0.15) is 0 Å². The van der Waals surface area contributed by atoms with Gasteiger partial charge in [0.15, 0.2) is 0 Å². The van der Waals surface area contributed by atoms with Crippen molar-refractivity contribution in [2.45, 2.75) is 6.92 Å². The van der Waals surface area contributed by atoms with E-state index in [1.807, 2.05) is 0 Å². The summed E-state index contributed by atoms with van der Waals surface area (Å²) >= 11 is 0. The monoisotopic (exact) mass is 205 g/mol. The molecule has 0 bridgehead atoms. The summed E-state index contributed by atoms with van der Waals surface area (Å²) in [4.78, 5) is 0. The highest BCUT2D eigenvalue weighted by atomic mass is 35.7. The fraction of sp³-hybridized carbons (Fsp3) is 1.00. The van der Waals surface area contributed by atoms with Gasteiger partial charge in [0.25, 0.3) is 0 Å². The molecule has 62 valence electrons. The number of rotatable bonds is 2. The molecule has 4 nitrogen and oxygen atoms in total. The molecular formula is C3H8ClNO3S2. The Labute approximate surface area is 65.3 Å². The molecule has 0 aromatic heterocycles. The smallest absolute Gasteiger partial charge is 0.249 e. The van der Waals surface area contributed by atoms with E-state index < -0.39 is 19.0 Å². The van der Waals surface area contributed by atoms with Gasteiger partial charge >= 0.3 is 9.24 Å². The number of hydrogen-bond acceptors (Lipinski definition) is 3. The second-order valence-electron chi connectivity index (χ2n) is 1.73. The minimum Gasteiger partial charge on any atom is -0.249 e. The first-order valence-corrected chi connectivity index (χ1v) is 6.78. The van der Waals surface area contributed by atoms with Gasteiger partial charge < -0.3 is 0 Å². The number of hydrogen-bond donors (Lipinski definition) is 0. The van der Waals surface area contributed by atoms with Gasteiger partial charge in [-0.25, -0.2) is 4.21 Å². The molecule has 7 heteroatoms. The molecule has 0 radical (unpaired) electrons. The summed E-state index contributed by atoms with van der Waals surface area (Å²) in [5.41, 5.74) is 0. The van der Waals surface area contributed by atoms with Gasteiger partial charge in [-0.3, -0.25) is 0 Å². The predicted molar refractivity (Wildman–Crippen MR) is 41.8 cm³/mol. The summed E-state index contributed by atoms with van der Waals surface area (Å²) in [6, 6.07) is 0. The summed E-state index contributed by atoms with van der Waals surface area (Å²) in [7, 11) is -1.87. The molecule has 0 aliphatic heterocycles. The van der Waals surface area contributed by atoms with Crippen molar-refractivity contribution in [3.05, 3.63) is 0 Å². The maximum atomic E-state index is 10.9. The number of halogens is 1. The summed E-state index contributed by atoms with van der Waals surface area (Å²) < 4.78 is 34.3. The Morgan fingerprint density at radius 1 is 1.40 bits per heavy atom. The highest BCUT2D eigenvalue weighted by Crippen LogP contribution is 2.02. The first-order chi connectivity index (χ1) is 4.27. The Morgan fingerprint density at radius 2 is 1.80 bits per heavy atom. The van der Waals surface area contributed by atoms with E-state index in [9.17, 15) is 12.6 Å². The van der Waals surface area contributed by atoms with E-state index in [4.69, 9.17) is 10.7 Å². The standard InChI is InChI=1S/C3H8ClNO3S2/c1-3-9(2,6)5-10(4,7)8/h3H2,1-2H3/t9-/m1/s1. The molecule has 0 aromatic carbocycles. The van der Waals surface area contributed by atoms with Crippen molar-refractivity contribution in [3.63, 3.8) is 0 Å². The van der Waals surface area contributed by atoms with Crippen molar-refractivity contribution >= 4 is 29.6 Å². The van der Waals surface area contributed by atoms with Crippen LogP contribution in [0.25, 0.3) is 0 Å². The lowest BCUT2D eigenvalue weighted by molar-refractivity contribution is 0.611. The molecule has 0 spiro atoms. The molecule has 0 N–H and O–H groups in total. The average Bonchev–Trinajstić information content (AvgIpc) is 1.60. The van der Waals surface area contributed by atoms with Crippen LogP contribution in [0.1, 0.15) is 6.92 Å². The number of nitrogens with zero attached hydrogens (tertiary/aromatic N) is 1. The van der Waals surface area contributed by atoms with E-state index in [0.29, 0.717) is 0 Å². The van der Waals surface area contributed by atoms with Gasteiger partial charge in [0, 0.05) is 22.7 Å². The van der Waals surface area contributed by atoms with E-state index in [-0.39, 0.29) is 5.75 Å². The SMILES string of the molecule is CC[S@@](C)(=O)=NS(=O)(=O)Cl. The summed E-state index contributed by atoms with van der Waals surface area (Å²) in [5.74, 6) is 0.180. The van der Waals surface area contributed by atoms with E-state index in [1.165, 1.54) is 6.26 Å². The van der Waals surface area contributed by atoms with Crippen LogP contribution in [0, 0.1) is 0 Å². The highest BCUT2D eigenvalue weighted by molar-refractivity contribution is 8.17. The lowest BCUT2D eigenvalue weighted by Crippen LogP contribution is -2.01. The fourth-order valence-electron chi connectivity index (χ4n) is 0.241. The molecule has 0 saturated carbocycles. The molecule has 0 rings (SSSR count). The first-order valence-electron chi connectivity index (χ1n) is 2.42. The van der Waals surface area contributed by atoms with Gasteiger partial charge in [-0.05, 0) is 0 Å². The molecule has 0 heterocycles. The summed E-state index contributed by atoms with van der Waals surface area (Å²) in [6.07, 6.45) is 1.24. The van der Waals surface area contributed by atoms with Crippen molar-refractivity contribution in [1.29, 1.82) is 0 Å². The normalized spacial score (nSPS) is 17.9. The molecule has 0 fully saturated rings. The largest absolute Gasteiger partial charge is 0.347 e. The van der Waals surface area contributed by atoms with E-state index in [0.717, 1.165) is 0 Å². The molecule has 0 unspecified atom stereocenters. The van der Waals surface area contributed by atoms with Crippen LogP contribution in [0.3, 0.4) is 0 Å². The van der Waals surface area contributed by atoms with Crippen LogP contribution in [0.15, 0.2) is 3.77 Å². The molecule has 10 heavy (non-hydrogen) atoms. The summed E-state index contributed by atoms with van der Waals surface area (Å²) in [6.45, 7) is 1.58. The van der Waals surface area contributed by atoms with Crippen LogP contribution in [-0.2, 0) is 19.0 Å². The van der Waals surface area contributed by atoms with E-state index in [2.05, 4.69) is 3.77 Å². The van der Waals surface area contributed by atoms with Gasteiger partial charge in [0.05, 0.1) is 9.73 Å². The van der Waals surface area contributed by atoms with Crippen molar-refractivity contribution in [1.82, 2.24) is 0 Å². The topological polar surface area (TPSA) is 63.6 Å². The van der Waals surface area contributed by atoms with Crippen molar-refractivity contribution < 1.29 is 12.6 Å². The second kappa shape index (κ2) is 3.06. The van der Waals surface area contributed by atoms with Gasteiger partial charge in [-0.1, -0.05) is 10.7 Å². The molecular weight excluding hydrogens is 198 g/mol. The zero-order valence-corrected chi connectivity index (χ0v) is 7.96. The Bertz CT molecular complexity index is 311. The third-order valence-electron chi connectivity index (χ3n) is 0.782. The maximum absolute atomic E-state index is 10.9. The minimum absolute atomic E-state index is 0.180. The fourth-order valence-corrected chi connectivity index (χ4v) is 3.24. The third kappa shape index (κ3) is 5.01. The molecule has 0 amide bonds. The zero-order valence-electron chi connectivity index (χ0n) is 5.57. The Morgan fingerprint density at radius 3 is 1.90 bits per heavy atom.